The van der Waals surface area contributed by atoms with Gasteiger partial charge in [0.15, 0.2) is 11.4 Å². The molecule has 290 valence electrons. The van der Waals surface area contributed by atoms with Crippen molar-refractivity contribution in [3.05, 3.63) is 52.0 Å². The highest BCUT2D eigenvalue weighted by Crippen LogP contribution is 2.55. The van der Waals surface area contributed by atoms with Gasteiger partial charge in [-0.25, -0.2) is 0 Å². The van der Waals surface area contributed by atoms with Gasteiger partial charge in [0, 0.05) is 18.0 Å². The average Bonchev–Trinajstić information content (AvgIpc) is 3.10. The predicted molar refractivity (Wildman–Crippen MR) is 202 cm³/mol. The molecule has 10 nitrogen and oxygen atoms in total. The normalized spacial score (nSPS) is 25.7. The van der Waals surface area contributed by atoms with Crippen molar-refractivity contribution < 1.29 is 39.9 Å². The fourth-order valence-corrected chi connectivity index (χ4v) is 8.88. The Labute approximate surface area is 310 Å². The Morgan fingerprint density at radius 2 is 1.31 bits per heavy atom. The third kappa shape index (κ3) is 8.77. The zero-order chi connectivity index (χ0) is 38.0. The van der Waals surface area contributed by atoms with Crippen molar-refractivity contribution in [3.63, 3.8) is 0 Å². The highest BCUT2D eigenvalue weighted by molar-refractivity contribution is 6.25. The predicted octanol–water partition coefficient (Wildman–Crippen LogP) is 7.33. The van der Waals surface area contributed by atoms with Gasteiger partial charge in [-0.05, 0) is 38.1 Å². The Kier molecular flexibility index (Phi) is 15.4. The summed E-state index contributed by atoms with van der Waals surface area (Å²) in [5.41, 5.74) is -3.57. The Morgan fingerprint density at radius 1 is 0.808 bits per heavy atom. The van der Waals surface area contributed by atoms with E-state index in [4.69, 9.17) is 0 Å². The number of unbranched alkanes of at least 4 members (excludes halogenated alkanes) is 17. The lowest BCUT2D eigenvalue weighted by Gasteiger charge is -2.53. The van der Waals surface area contributed by atoms with Crippen LogP contribution in [0.4, 0.5) is 0 Å². The summed E-state index contributed by atoms with van der Waals surface area (Å²) in [4.78, 5) is 42.7. The summed E-state index contributed by atoms with van der Waals surface area (Å²) < 4.78 is 0. The molecule has 52 heavy (non-hydrogen) atoms. The van der Waals surface area contributed by atoms with Crippen LogP contribution in [0.5, 0.6) is 5.75 Å². The summed E-state index contributed by atoms with van der Waals surface area (Å²) in [5.74, 6) is -8.02. The van der Waals surface area contributed by atoms with Crippen molar-refractivity contribution >= 4 is 17.5 Å². The smallest absolute Gasteiger partial charge is 0.258 e. The minimum absolute atomic E-state index is 0.0739. The number of phenolic OH excluding ortho intramolecular Hbond substituents is 1. The van der Waals surface area contributed by atoms with Gasteiger partial charge in [0.2, 0.25) is 5.78 Å². The fourth-order valence-electron chi connectivity index (χ4n) is 8.88. The number of aliphatic hydroxyl groups is 4. The van der Waals surface area contributed by atoms with Crippen LogP contribution in [-0.4, -0.2) is 86.3 Å². The monoisotopic (exact) mass is 724 g/mol. The van der Waals surface area contributed by atoms with Gasteiger partial charge < -0.3 is 30.8 Å². The average molecular weight is 725 g/mol. The molecule has 0 saturated heterocycles. The molecule has 1 aromatic carbocycles. The number of fused-ring (bicyclic) bond motifs is 3. The van der Waals surface area contributed by atoms with E-state index in [-0.39, 0.29) is 23.4 Å². The molecule has 10 heteroatoms. The number of amides is 1. The van der Waals surface area contributed by atoms with Crippen LogP contribution < -0.4 is 5.32 Å². The number of hydrogen-bond donors (Lipinski definition) is 6. The molecule has 0 spiro atoms. The highest BCUT2D eigenvalue weighted by atomic mass is 16.4. The number of carbonyl (C=O) groups is 3. The first-order valence-corrected chi connectivity index (χ1v) is 20.0. The first-order valence-electron chi connectivity index (χ1n) is 20.0. The van der Waals surface area contributed by atoms with E-state index in [9.17, 15) is 39.9 Å². The van der Waals surface area contributed by atoms with Crippen LogP contribution in [0.3, 0.4) is 0 Å². The lowest BCUT2D eigenvalue weighted by Crippen LogP contribution is -2.68. The number of likely N-dealkylation sites (N-methyl/N-ethyl adjacent to an activating group) is 1. The molecule has 0 aliphatic heterocycles. The molecule has 6 N–H and O–H groups in total. The van der Waals surface area contributed by atoms with Gasteiger partial charge in [-0.3, -0.25) is 19.3 Å². The van der Waals surface area contributed by atoms with E-state index in [2.05, 4.69) is 12.2 Å². The summed E-state index contributed by atoms with van der Waals surface area (Å²) in [6, 6.07) is 3.32. The van der Waals surface area contributed by atoms with Crippen molar-refractivity contribution in [1.29, 1.82) is 0 Å². The van der Waals surface area contributed by atoms with Gasteiger partial charge in [0.25, 0.3) is 5.91 Å². The van der Waals surface area contributed by atoms with E-state index in [1.807, 2.05) is 0 Å². The van der Waals surface area contributed by atoms with Crippen molar-refractivity contribution in [2.45, 2.75) is 153 Å². The summed E-state index contributed by atoms with van der Waals surface area (Å²) >= 11 is 0. The highest BCUT2D eigenvalue weighted by Gasteiger charge is 2.67. The number of benzene rings is 1. The van der Waals surface area contributed by atoms with Gasteiger partial charge in [-0.1, -0.05) is 135 Å². The number of ketones is 2. The Bertz CT molecular complexity index is 1470. The largest absolute Gasteiger partial charge is 0.510 e. The van der Waals surface area contributed by atoms with E-state index in [1.54, 1.807) is 33.2 Å². The molecule has 3 aliphatic carbocycles. The number of nitrogens with one attached hydrogen (secondary N) is 1. The van der Waals surface area contributed by atoms with Gasteiger partial charge in [0.05, 0.1) is 23.6 Å². The Morgan fingerprint density at radius 3 is 1.81 bits per heavy atom. The molecule has 0 heterocycles. The minimum Gasteiger partial charge on any atom is -0.510 e. The van der Waals surface area contributed by atoms with Crippen molar-refractivity contribution in [2.24, 2.45) is 11.8 Å². The molecule has 0 aromatic heterocycles. The summed E-state index contributed by atoms with van der Waals surface area (Å²) in [6.45, 7) is 4.23. The number of rotatable bonds is 21. The van der Waals surface area contributed by atoms with Crippen LogP contribution in [0.2, 0.25) is 0 Å². The summed E-state index contributed by atoms with van der Waals surface area (Å²) in [5, 5.41) is 60.1. The zero-order valence-electron chi connectivity index (χ0n) is 32.0. The number of phenols is 1. The second kappa shape index (κ2) is 19.2. The van der Waals surface area contributed by atoms with Crippen LogP contribution in [0.25, 0.3) is 0 Å². The van der Waals surface area contributed by atoms with Crippen molar-refractivity contribution in [2.75, 3.05) is 20.6 Å². The first kappa shape index (κ1) is 41.5. The summed E-state index contributed by atoms with van der Waals surface area (Å²) in [6.07, 6.45) is 20.7. The molecule has 0 unspecified atom stereocenters. The molecular weight excluding hydrogens is 660 g/mol. The molecule has 6 atom stereocenters. The zero-order valence-corrected chi connectivity index (χ0v) is 32.0. The topological polar surface area (TPSA) is 168 Å². The lowest BCUT2D eigenvalue weighted by atomic mass is 9.55. The molecule has 4 rings (SSSR count). The number of nitrogens with zero attached hydrogens (tertiary/aromatic N) is 1. The van der Waals surface area contributed by atoms with Gasteiger partial charge >= 0.3 is 0 Å². The maximum atomic E-state index is 14.0. The molecule has 0 fully saturated rings. The number of Topliss-reactive ketones (excluding diaryl/α,β-unsaturated/α-hetero) is 2. The second-order valence-corrected chi connectivity index (χ2v) is 15.7. The number of hydrogen-bond acceptors (Lipinski definition) is 9. The molecular formula is C42H64N2O8. The van der Waals surface area contributed by atoms with Crippen LogP contribution >= 0.6 is 0 Å². The molecule has 0 radical (unpaired) electrons. The molecule has 0 bridgehead atoms. The van der Waals surface area contributed by atoms with Gasteiger partial charge in [0.1, 0.15) is 22.8 Å². The third-order valence-electron chi connectivity index (χ3n) is 11.8. The molecule has 1 amide bonds. The first-order chi connectivity index (χ1) is 24.9. The van der Waals surface area contributed by atoms with E-state index < -0.39 is 70.1 Å². The third-order valence-corrected chi connectivity index (χ3v) is 11.8. The van der Waals surface area contributed by atoms with Crippen LogP contribution in [0.1, 0.15) is 151 Å². The van der Waals surface area contributed by atoms with Gasteiger partial charge in [-0.2, -0.15) is 0 Å². The standard InChI is InChI=1S/C42H64N2O8/c1-5-6-7-8-9-10-11-12-13-14-15-16-17-18-19-20-21-22-26-43-41(51)33-38(48)35(44(3)4)34-37(47)30-27(2)28-24-23-25-29(45)31(28)36(46)32(30)39(49)42(34,52)40(33)50/h23-25,27,30,34-35,37,45,47-49,52H,5-22,26H2,1-4H3,(H,43,51)/t27-,30+,34+,35-,37-,42-/m1/s1. The van der Waals surface area contributed by atoms with Gasteiger partial charge in [-0.15, -0.1) is 0 Å². The molecule has 1 aromatic rings. The maximum absolute atomic E-state index is 14.0. The van der Waals surface area contributed by atoms with Crippen LogP contribution in [-0.2, 0) is 9.59 Å². The van der Waals surface area contributed by atoms with E-state index in [0.717, 1.165) is 19.3 Å². The molecule has 0 saturated carbocycles. The summed E-state index contributed by atoms with van der Waals surface area (Å²) in [7, 11) is 3.13. The Hall–Kier alpha value is -3.21. The van der Waals surface area contributed by atoms with E-state index >= 15 is 0 Å². The van der Waals surface area contributed by atoms with Crippen LogP contribution in [0.15, 0.2) is 40.9 Å². The number of aromatic hydroxyl groups is 1. The van der Waals surface area contributed by atoms with Crippen molar-refractivity contribution in [1.82, 2.24) is 10.2 Å². The Balaban J connectivity index is 1.27. The van der Waals surface area contributed by atoms with Crippen LogP contribution in [0, 0.1) is 11.8 Å². The fraction of sp³-hybridized carbons (Fsp3) is 0.690. The lowest BCUT2D eigenvalue weighted by molar-refractivity contribution is -0.162. The van der Waals surface area contributed by atoms with E-state index in [0.29, 0.717) is 12.0 Å². The molecule has 3 aliphatic rings. The number of aliphatic hydroxyl groups excluding tert-OH is 3. The second-order valence-electron chi connectivity index (χ2n) is 15.7. The minimum atomic E-state index is -2.87. The van der Waals surface area contributed by atoms with Crippen molar-refractivity contribution in [3.8, 4) is 5.75 Å². The maximum Gasteiger partial charge on any atom is 0.258 e. The quantitative estimate of drug-likeness (QED) is 0.0562. The SMILES string of the molecule is CCCCCCCCCCCCCCCCCCCCNC(=O)C1=C(O)[C@H](N(C)C)[C@H]2[C@H](O)[C@@H]3C(=C(O)[C@@]2(O)C1=O)C(=O)c1c(O)cccc1[C@H]3C. The number of carbonyl (C=O) groups excluding carboxylic acids is 3. The van der Waals surface area contributed by atoms with E-state index in [1.165, 1.54) is 101 Å².